The number of aromatic carboxylic acids is 1. The van der Waals surface area contributed by atoms with Crippen LogP contribution < -0.4 is 15.4 Å². The van der Waals surface area contributed by atoms with Gasteiger partial charge >= 0.3 is 5.97 Å². The number of nitrogens with zero attached hydrogens (tertiary/aromatic N) is 3. The molecule has 0 atom stereocenters. The van der Waals surface area contributed by atoms with Crippen molar-refractivity contribution in [2.45, 2.75) is 6.61 Å². The van der Waals surface area contributed by atoms with Gasteiger partial charge in [0.15, 0.2) is 5.82 Å². The lowest BCUT2D eigenvalue weighted by Gasteiger charge is -2.11. The van der Waals surface area contributed by atoms with Gasteiger partial charge in [-0.15, -0.1) is 11.3 Å². The van der Waals surface area contributed by atoms with Gasteiger partial charge in [0.05, 0.1) is 28.5 Å². The van der Waals surface area contributed by atoms with Crippen molar-refractivity contribution in [1.29, 1.82) is 0 Å². The van der Waals surface area contributed by atoms with Crippen molar-refractivity contribution >= 4 is 105 Å². The average Bonchev–Trinajstić information content (AvgIpc) is 3.97. The van der Waals surface area contributed by atoms with Crippen molar-refractivity contribution < 1.29 is 14.6 Å². The number of fused-ring (bicyclic) bond motifs is 8. The molecule has 10 rings (SSSR count). The number of H-pyrrole nitrogens is 3. The van der Waals surface area contributed by atoms with Crippen LogP contribution in [0, 0.1) is 0 Å². The fourth-order valence-corrected chi connectivity index (χ4v) is 7.62. The second-order valence-corrected chi connectivity index (χ2v) is 13.3. The summed E-state index contributed by atoms with van der Waals surface area (Å²) in [5, 5.41) is 31.9. The first kappa shape index (κ1) is 29.0. The number of carboxylic acid groups (broad SMARTS) is 1. The Morgan fingerprint density at radius 2 is 1.61 bits per heavy atom. The first-order chi connectivity index (χ1) is 25.0. The topological polar surface area (TPSA) is 157 Å². The number of thiophene rings is 1. The lowest BCUT2D eigenvalue weighted by Crippen LogP contribution is -1.98. The van der Waals surface area contributed by atoms with Crippen molar-refractivity contribution in [3.05, 3.63) is 120 Å². The minimum atomic E-state index is -0.978. The molecular weight excluding hydrogens is 661 g/mol. The molecule has 0 aliphatic heterocycles. The van der Waals surface area contributed by atoms with Crippen molar-refractivity contribution in [2.75, 3.05) is 10.6 Å². The summed E-state index contributed by atoms with van der Waals surface area (Å²) in [5.41, 5.74) is 7.19. The van der Waals surface area contributed by atoms with E-state index in [4.69, 9.17) is 14.7 Å². The summed E-state index contributed by atoms with van der Waals surface area (Å²) in [6, 6.07) is 29.4. The van der Waals surface area contributed by atoms with E-state index in [9.17, 15) is 9.90 Å². The van der Waals surface area contributed by atoms with Crippen molar-refractivity contribution in [1.82, 2.24) is 30.1 Å². The molecule has 4 aromatic carbocycles. The summed E-state index contributed by atoms with van der Waals surface area (Å²) in [6.45, 7) is 0.347. The summed E-state index contributed by atoms with van der Waals surface area (Å²) < 4.78 is 7.33. The maximum absolute atomic E-state index is 11.6. The minimum Gasteiger partial charge on any atom is -0.487 e. The molecule has 246 valence electrons. The highest BCUT2D eigenvalue weighted by Gasteiger charge is 2.15. The van der Waals surface area contributed by atoms with Crippen LogP contribution in [0.2, 0.25) is 0 Å². The zero-order chi connectivity index (χ0) is 34.1. The van der Waals surface area contributed by atoms with Gasteiger partial charge in [0.25, 0.3) is 0 Å². The number of hydrogen-bond acceptors (Lipinski definition) is 8. The molecule has 0 unspecified atom stereocenters. The molecule has 0 spiro atoms. The average molecular weight is 687 g/mol. The van der Waals surface area contributed by atoms with E-state index in [1.54, 1.807) is 23.5 Å². The van der Waals surface area contributed by atoms with Gasteiger partial charge in [0.2, 0.25) is 0 Å². The molecule has 0 aliphatic carbocycles. The van der Waals surface area contributed by atoms with Gasteiger partial charge < -0.3 is 30.4 Å². The van der Waals surface area contributed by atoms with E-state index in [-0.39, 0.29) is 5.56 Å². The lowest BCUT2D eigenvalue weighted by molar-refractivity contribution is 0.0697. The number of pyridine rings is 2. The third kappa shape index (κ3) is 5.04. The van der Waals surface area contributed by atoms with Gasteiger partial charge in [0, 0.05) is 54.8 Å². The predicted molar refractivity (Wildman–Crippen MR) is 203 cm³/mol. The van der Waals surface area contributed by atoms with Crippen LogP contribution in [0.3, 0.4) is 0 Å². The van der Waals surface area contributed by atoms with Crippen LogP contribution in [0.4, 0.5) is 23.0 Å². The number of nitrogens with one attached hydrogen (secondary N) is 5. The van der Waals surface area contributed by atoms with E-state index in [2.05, 4.69) is 49.0 Å². The van der Waals surface area contributed by atoms with Gasteiger partial charge in [-0.1, -0.05) is 18.2 Å². The molecule has 0 amide bonds. The molecule has 6 aromatic heterocycles. The first-order valence-corrected chi connectivity index (χ1v) is 17.1. The van der Waals surface area contributed by atoms with Gasteiger partial charge in [-0.05, 0) is 88.9 Å². The van der Waals surface area contributed by atoms with Crippen molar-refractivity contribution in [3.8, 4) is 5.75 Å². The lowest BCUT2D eigenvalue weighted by atomic mass is 10.1. The number of benzene rings is 4. The Balaban J connectivity index is 0.895. The molecule has 0 saturated heterocycles. The maximum Gasteiger partial charge on any atom is 0.335 e. The standard InChI is InChI=1S/C39H26N8O3S/c48-39(49)22-3-7-27-34(14-22)46-37(28-10-12-51-36(27)28)43-24-5-2-21-13-25(42-33(21)16-24)19-50-26-6-8-31-29(17-26)30-18-41-47-35(30)38(45-31)44-23-4-1-20-9-11-40-32(20)15-23/h1-18,40,42H,19H2,(H,41,47)(H,43,46)(H,44,45)(H,48,49). The third-order valence-corrected chi connectivity index (χ3v) is 10.1. The molecular formula is C39H26N8O3S. The number of anilines is 4. The Labute approximate surface area is 291 Å². The second kappa shape index (κ2) is 11.3. The smallest absolute Gasteiger partial charge is 0.335 e. The largest absolute Gasteiger partial charge is 0.487 e. The van der Waals surface area contributed by atoms with Gasteiger partial charge in [-0.2, -0.15) is 5.10 Å². The molecule has 11 nitrogen and oxygen atoms in total. The van der Waals surface area contributed by atoms with Crippen molar-refractivity contribution in [3.63, 3.8) is 0 Å². The third-order valence-electron chi connectivity index (χ3n) is 9.16. The summed E-state index contributed by atoms with van der Waals surface area (Å²) in [6.07, 6.45) is 3.74. The molecule has 0 aliphatic rings. The van der Waals surface area contributed by atoms with Gasteiger partial charge in [0.1, 0.15) is 23.7 Å². The van der Waals surface area contributed by atoms with Gasteiger partial charge in [-0.3, -0.25) is 5.10 Å². The fraction of sp³-hybridized carbons (Fsp3) is 0.0256. The summed E-state index contributed by atoms with van der Waals surface area (Å²) in [4.78, 5) is 28.1. The number of hydrogen-bond donors (Lipinski definition) is 6. The molecule has 0 saturated carbocycles. The van der Waals surface area contributed by atoms with Crippen LogP contribution in [-0.4, -0.2) is 41.2 Å². The van der Waals surface area contributed by atoms with E-state index >= 15 is 0 Å². The first-order valence-electron chi connectivity index (χ1n) is 16.2. The van der Waals surface area contributed by atoms with Crippen LogP contribution in [0.15, 0.2) is 109 Å². The van der Waals surface area contributed by atoms with E-state index in [0.29, 0.717) is 23.8 Å². The number of ether oxygens (including phenoxy) is 1. The second-order valence-electron chi connectivity index (χ2n) is 12.4. The summed E-state index contributed by atoms with van der Waals surface area (Å²) in [5.74, 6) is 1.12. The Morgan fingerprint density at radius 1 is 0.765 bits per heavy atom. The normalized spacial score (nSPS) is 11.8. The minimum absolute atomic E-state index is 0.207. The molecule has 51 heavy (non-hydrogen) atoms. The van der Waals surface area contributed by atoms with E-state index in [0.717, 1.165) is 81.9 Å². The summed E-state index contributed by atoms with van der Waals surface area (Å²) in [7, 11) is 0. The molecule has 10 aromatic rings. The quantitative estimate of drug-likeness (QED) is 0.0923. The highest BCUT2D eigenvalue weighted by atomic mass is 32.1. The molecule has 6 N–H and O–H groups in total. The SMILES string of the molecule is O=C(O)c1ccc2c(c1)nc(Nc1ccc3cc(COc4ccc5nc(Nc6ccc7cc[nH]c7c6)c6[nH]ncc6c5c4)[nH]c3c1)c1ccsc12. The molecule has 6 heterocycles. The number of aromatic amines is 3. The van der Waals surface area contributed by atoms with Crippen LogP contribution >= 0.6 is 11.3 Å². The number of carboxylic acids is 1. The fourth-order valence-electron chi connectivity index (χ4n) is 6.69. The Hall–Kier alpha value is -6.92. The van der Waals surface area contributed by atoms with Crippen LogP contribution in [0.1, 0.15) is 16.1 Å². The van der Waals surface area contributed by atoms with E-state index < -0.39 is 5.97 Å². The predicted octanol–water partition coefficient (Wildman–Crippen LogP) is 9.60. The highest BCUT2D eigenvalue weighted by molar-refractivity contribution is 7.18. The highest BCUT2D eigenvalue weighted by Crippen LogP contribution is 2.36. The number of carbonyl (C=O) groups is 1. The van der Waals surface area contributed by atoms with Crippen molar-refractivity contribution in [2.24, 2.45) is 0 Å². The zero-order valence-corrected chi connectivity index (χ0v) is 27.4. The monoisotopic (exact) mass is 686 g/mol. The summed E-state index contributed by atoms with van der Waals surface area (Å²) >= 11 is 1.61. The molecule has 0 fully saturated rings. The van der Waals surface area contributed by atoms with Crippen LogP contribution in [0.25, 0.3) is 64.6 Å². The van der Waals surface area contributed by atoms with E-state index in [1.165, 1.54) is 0 Å². The van der Waals surface area contributed by atoms with Gasteiger partial charge in [-0.25, -0.2) is 14.8 Å². The van der Waals surface area contributed by atoms with Crippen LogP contribution in [0.5, 0.6) is 5.75 Å². The Bertz CT molecular complexity index is 2990. The molecule has 0 bridgehead atoms. The van der Waals surface area contributed by atoms with E-state index in [1.807, 2.05) is 78.4 Å². The van der Waals surface area contributed by atoms with Crippen LogP contribution in [-0.2, 0) is 6.61 Å². The Kier molecular flexibility index (Phi) is 6.45. The molecule has 0 radical (unpaired) electrons. The number of rotatable bonds is 8. The maximum atomic E-state index is 11.6. The number of aromatic nitrogens is 6. The zero-order valence-electron chi connectivity index (χ0n) is 26.6. The molecule has 12 heteroatoms. The Morgan fingerprint density at radius 3 is 2.51 bits per heavy atom.